The summed E-state index contributed by atoms with van der Waals surface area (Å²) in [4.78, 5) is 44.7. The van der Waals surface area contributed by atoms with Crippen LogP contribution in [-0.2, 0) is 51.0 Å². The van der Waals surface area contributed by atoms with Gasteiger partial charge in [-0.3, -0.25) is 22.7 Å². The standard InChI is InChI=1S/C21H26N10O11P2S2/c1-29-10-16(23)25-5-27-18(10)31(21(29)34)20-14-11(32)7(39-20)2-37-43(35,45)41-13-8(3-38-44(36,46)42-14)40-19(12(13)33)30-6-28-9-15(22)24-4-26-17(9)30/h4-8,11-14,19-20,32-33H,2-3H2,1H3,(H,35,45)(H,36,46)(H2,22,24,26)(H2,23,25,27)/t7-,8-,11-,12-,13-,14-,19-,20-,43?,44?/m1/s1. The van der Waals surface area contributed by atoms with E-state index in [2.05, 4.69) is 37.2 Å². The highest BCUT2D eigenvalue weighted by Gasteiger charge is 2.53. The third-order valence-electron chi connectivity index (χ3n) is 7.74. The van der Waals surface area contributed by atoms with Crippen LogP contribution in [0.25, 0.3) is 22.3 Å². The van der Waals surface area contributed by atoms with Gasteiger partial charge in [0.15, 0.2) is 35.4 Å². The van der Waals surface area contributed by atoms with E-state index in [0.29, 0.717) is 0 Å². The molecule has 0 aliphatic carbocycles. The fourth-order valence-electron chi connectivity index (χ4n) is 5.61. The molecule has 3 aliphatic heterocycles. The predicted molar refractivity (Wildman–Crippen MR) is 161 cm³/mol. The molecule has 0 amide bonds. The van der Waals surface area contributed by atoms with E-state index in [4.69, 9.17) is 50.8 Å². The molecule has 2 bridgehead atoms. The van der Waals surface area contributed by atoms with Crippen LogP contribution in [0.5, 0.6) is 0 Å². The van der Waals surface area contributed by atoms with E-state index in [1.54, 1.807) is 0 Å². The monoisotopic (exact) mass is 720 g/mol. The van der Waals surface area contributed by atoms with Crippen LogP contribution in [0, 0.1) is 0 Å². The summed E-state index contributed by atoms with van der Waals surface area (Å²) in [6.45, 7) is -9.81. The van der Waals surface area contributed by atoms with Crippen molar-refractivity contribution in [3.8, 4) is 0 Å². The van der Waals surface area contributed by atoms with Gasteiger partial charge in [0.25, 0.3) is 0 Å². The molecule has 4 aromatic rings. The average Bonchev–Trinajstić information content (AvgIpc) is 3.71. The molecule has 2 unspecified atom stereocenters. The van der Waals surface area contributed by atoms with Crippen molar-refractivity contribution in [1.82, 2.24) is 38.6 Å². The van der Waals surface area contributed by atoms with Crippen LogP contribution in [0.3, 0.4) is 0 Å². The van der Waals surface area contributed by atoms with Crippen LogP contribution in [0.15, 0.2) is 23.8 Å². The van der Waals surface area contributed by atoms with Crippen molar-refractivity contribution in [2.45, 2.75) is 49.1 Å². The van der Waals surface area contributed by atoms with Crippen molar-refractivity contribution in [1.29, 1.82) is 0 Å². The van der Waals surface area contributed by atoms with Gasteiger partial charge in [-0.2, -0.15) is 0 Å². The Morgan fingerprint density at radius 3 is 2.37 bits per heavy atom. The Kier molecular flexibility index (Phi) is 7.99. The van der Waals surface area contributed by atoms with Gasteiger partial charge in [0, 0.05) is 7.05 Å². The lowest BCUT2D eigenvalue weighted by molar-refractivity contribution is -0.0603. The third-order valence-corrected chi connectivity index (χ3v) is 10.9. The van der Waals surface area contributed by atoms with Gasteiger partial charge >= 0.3 is 19.2 Å². The number of hydrogen-bond donors (Lipinski definition) is 6. The largest absolute Gasteiger partial charge is 0.387 e. The first-order valence-corrected chi connectivity index (χ1v) is 18.6. The summed E-state index contributed by atoms with van der Waals surface area (Å²) < 4.78 is 51.5. The molecular weight excluding hydrogens is 694 g/mol. The quantitative estimate of drug-likeness (QED) is 0.104. The summed E-state index contributed by atoms with van der Waals surface area (Å²) in [5, 5.41) is 22.5. The molecule has 0 radical (unpaired) electrons. The molecule has 3 fully saturated rings. The molecule has 7 heterocycles. The number of aliphatic hydroxyl groups is 2. The summed E-state index contributed by atoms with van der Waals surface area (Å²) in [5.74, 6) is 0.0835. The van der Waals surface area contributed by atoms with Gasteiger partial charge in [-0.15, -0.1) is 0 Å². The molecule has 248 valence electrons. The lowest BCUT2D eigenvalue weighted by Crippen LogP contribution is -2.37. The van der Waals surface area contributed by atoms with E-state index in [-0.39, 0.29) is 34.0 Å². The lowest BCUT2D eigenvalue weighted by atomic mass is 10.1. The van der Waals surface area contributed by atoms with Gasteiger partial charge < -0.3 is 40.6 Å². The number of rotatable bonds is 2. The molecule has 7 rings (SSSR count). The summed E-state index contributed by atoms with van der Waals surface area (Å²) in [6, 6.07) is 0. The minimum Gasteiger partial charge on any atom is -0.387 e. The number of aliphatic hydroxyl groups excluding tert-OH is 2. The molecule has 0 spiro atoms. The highest BCUT2D eigenvalue weighted by Crippen LogP contribution is 2.58. The van der Waals surface area contributed by atoms with Crippen LogP contribution >= 0.6 is 25.8 Å². The normalized spacial score (nSPS) is 37.2. The molecule has 4 aromatic heterocycles. The second-order valence-corrected chi connectivity index (χ2v) is 16.2. The maximum Gasteiger partial charge on any atom is 0.386 e. The number of nitrogen functional groups attached to an aromatic ring is 2. The first-order valence-electron chi connectivity index (χ1n) is 13.4. The van der Waals surface area contributed by atoms with Crippen LogP contribution in [0.2, 0.25) is 0 Å². The van der Waals surface area contributed by atoms with Crippen molar-refractivity contribution in [2.24, 2.45) is 7.05 Å². The van der Waals surface area contributed by atoms with Crippen molar-refractivity contribution in [2.75, 3.05) is 24.7 Å². The molecule has 7 N–H and O–H groups in total. The van der Waals surface area contributed by atoms with Crippen LogP contribution < -0.4 is 17.2 Å². The lowest BCUT2D eigenvalue weighted by Gasteiger charge is -2.27. The molecule has 0 aromatic carbocycles. The number of aromatic nitrogens is 8. The van der Waals surface area contributed by atoms with Crippen LogP contribution in [-0.4, -0.2) is 104 Å². The Bertz CT molecular complexity index is 1990. The molecule has 46 heavy (non-hydrogen) atoms. The summed E-state index contributed by atoms with van der Waals surface area (Å²) in [7, 11) is 1.43. The number of anilines is 2. The zero-order valence-electron chi connectivity index (χ0n) is 23.4. The minimum absolute atomic E-state index is 0.00336. The Balaban J connectivity index is 1.22. The van der Waals surface area contributed by atoms with E-state index in [9.17, 15) is 24.5 Å². The topological polar surface area (TPSA) is 281 Å². The van der Waals surface area contributed by atoms with Crippen molar-refractivity contribution in [3.05, 3.63) is 29.5 Å². The summed E-state index contributed by atoms with van der Waals surface area (Å²) >= 11 is 9.32. The maximum absolute atomic E-state index is 13.5. The molecule has 21 nitrogen and oxygen atoms in total. The summed E-state index contributed by atoms with van der Waals surface area (Å²) in [6.07, 6.45) is -7.73. The van der Waals surface area contributed by atoms with E-state index in [1.807, 2.05) is 0 Å². The highest BCUT2D eigenvalue weighted by atomic mass is 32.7. The summed E-state index contributed by atoms with van der Waals surface area (Å²) in [5.41, 5.74) is 11.8. The fourth-order valence-corrected chi connectivity index (χ4v) is 8.51. The maximum atomic E-state index is 13.5. The zero-order chi connectivity index (χ0) is 32.7. The first-order chi connectivity index (χ1) is 21.8. The Labute approximate surface area is 267 Å². The number of imidazole rings is 2. The van der Waals surface area contributed by atoms with E-state index >= 15 is 0 Å². The number of nitrogens with zero attached hydrogens (tertiary/aromatic N) is 8. The SMILES string of the molecule is Cn1c(=O)n([C@@H]2O[C@@H]3COP(=O)(S)O[C@H]4[C@@H](O)[C@H](n5cnc6c(N)ncnc65)O[C@@H]4COP(O)(=S)O[C@@H]2[C@@H]3O)c2ncnc(N)c21. The molecule has 0 saturated carbocycles. The highest BCUT2D eigenvalue weighted by molar-refractivity contribution is 8.44. The molecule has 3 aliphatic rings. The number of thiol groups is 1. The van der Waals surface area contributed by atoms with Gasteiger partial charge in [-0.05, 0) is 11.8 Å². The van der Waals surface area contributed by atoms with E-state index < -0.39 is 81.5 Å². The number of fused-ring (bicyclic) bond motifs is 5. The fraction of sp³-hybridized carbons (Fsp3) is 0.524. The Morgan fingerprint density at radius 1 is 0.935 bits per heavy atom. The van der Waals surface area contributed by atoms with Gasteiger partial charge in [-0.1, -0.05) is 12.2 Å². The number of hydrogen-bond acceptors (Lipinski definition) is 18. The second-order valence-electron chi connectivity index (χ2n) is 10.5. The van der Waals surface area contributed by atoms with Gasteiger partial charge in [0.05, 0.1) is 19.5 Å². The first kappa shape index (κ1) is 31.9. The van der Waals surface area contributed by atoms with Gasteiger partial charge in [0.2, 0.25) is 0 Å². The average molecular weight is 721 g/mol. The molecule has 10 atom stereocenters. The third kappa shape index (κ3) is 5.34. The van der Waals surface area contributed by atoms with Crippen molar-refractivity contribution < 1.29 is 47.2 Å². The number of aryl methyl sites for hydroxylation is 1. The van der Waals surface area contributed by atoms with Crippen LogP contribution in [0.4, 0.5) is 11.6 Å². The molecule has 3 saturated heterocycles. The smallest absolute Gasteiger partial charge is 0.386 e. The predicted octanol–water partition coefficient (Wildman–Crippen LogP) is -1.28. The minimum atomic E-state index is -4.35. The zero-order valence-corrected chi connectivity index (χ0v) is 26.9. The molecular formula is C21H26N10O11P2S2. The van der Waals surface area contributed by atoms with Gasteiger partial charge in [-0.25, -0.2) is 38.8 Å². The van der Waals surface area contributed by atoms with Crippen LogP contribution in [0.1, 0.15) is 12.5 Å². The number of ether oxygens (including phenoxy) is 2. The number of nitrogens with two attached hydrogens (primary N) is 2. The second kappa shape index (κ2) is 11.5. The van der Waals surface area contributed by atoms with Crippen molar-refractivity contribution >= 4 is 71.5 Å². The van der Waals surface area contributed by atoms with E-state index in [0.717, 1.165) is 10.9 Å². The van der Waals surface area contributed by atoms with E-state index in [1.165, 1.54) is 28.8 Å². The van der Waals surface area contributed by atoms with Crippen molar-refractivity contribution in [3.63, 3.8) is 0 Å². The molecule has 25 heteroatoms. The Hall–Kier alpha value is -2.63. The Morgan fingerprint density at radius 2 is 1.61 bits per heavy atom. The van der Waals surface area contributed by atoms with Gasteiger partial charge in [0.1, 0.15) is 60.3 Å².